The topological polar surface area (TPSA) is 105 Å². The molecule has 3 atom stereocenters. The van der Waals surface area contributed by atoms with Crippen LogP contribution in [-0.4, -0.2) is 42.3 Å². The molecular weight excluding hydrogens is 444 g/mol. The van der Waals surface area contributed by atoms with Gasteiger partial charge < -0.3 is 20.5 Å². The summed E-state index contributed by atoms with van der Waals surface area (Å²) in [6.07, 6.45) is 2.11. The van der Waals surface area contributed by atoms with Crippen LogP contribution in [0.25, 0.3) is 11.1 Å². The van der Waals surface area contributed by atoms with E-state index >= 15 is 0 Å². The second-order valence-electron chi connectivity index (χ2n) is 9.77. The van der Waals surface area contributed by atoms with Gasteiger partial charge in [0.05, 0.1) is 6.42 Å². The molecule has 2 aromatic rings. The maximum Gasteiger partial charge on any atom is 0.407 e. The number of carboxylic acids is 1. The predicted octanol–water partition coefficient (Wildman–Crippen LogP) is 4.56. The van der Waals surface area contributed by atoms with Gasteiger partial charge in [-0.3, -0.25) is 9.59 Å². The van der Waals surface area contributed by atoms with Crippen molar-refractivity contribution < 1.29 is 24.2 Å². The molecule has 3 N–H and O–H groups in total. The minimum Gasteiger partial charge on any atom is -0.481 e. The van der Waals surface area contributed by atoms with Crippen molar-refractivity contribution in [2.75, 3.05) is 13.2 Å². The normalized spacial score (nSPS) is 17.0. The Morgan fingerprint density at radius 2 is 1.63 bits per heavy atom. The Labute approximate surface area is 206 Å². The maximum absolute atomic E-state index is 13.0. The van der Waals surface area contributed by atoms with E-state index in [1.165, 1.54) is 0 Å². The Morgan fingerprint density at radius 1 is 1.03 bits per heavy atom. The first-order valence-corrected chi connectivity index (χ1v) is 12.5. The monoisotopic (exact) mass is 478 g/mol. The van der Waals surface area contributed by atoms with Crippen molar-refractivity contribution >= 4 is 18.0 Å². The van der Waals surface area contributed by atoms with E-state index in [0.29, 0.717) is 18.9 Å². The lowest BCUT2D eigenvalue weighted by Gasteiger charge is -2.25. The van der Waals surface area contributed by atoms with Gasteiger partial charge in [0.2, 0.25) is 5.91 Å². The molecule has 0 aromatic heterocycles. The van der Waals surface area contributed by atoms with E-state index in [9.17, 15) is 14.4 Å². The highest BCUT2D eigenvalue weighted by Crippen LogP contribution is 2.44. The van der Waals surface area contributed by atoms with Gasteiger partial charge >= 0.3 is 12.1 Å². The summed E-state index contributed by atoms with van der Waals surface area (Å²) >= 11 is 0. The zero-order valence-electron chi connectivity index (χ0n) is 20.3. The van der Waals surface area contributed by atoms with Gasteiger partial charge in [-0.2, -0.15) is 0 Å². The number of nitrogens with one attached hydrogen (secondary N) is 2. The lowest BCUT2D eigenvalue weighted by Crippen LogP contribution is -2.51. The molecule has 0 radical (unpaired) electrons. The average molecular weight is 479 g/mol. The number of benzene rings is 2. The first-order valence-electron chi connectivity index (χ1n) is 12.5. The summed E-state index contributed by atoms with van der Waals surface area (Å²) in [6, 6.07) is 15.5. The Balaban J connectivity index is 1.37. The van der Waals surface area contributed by atoms with E-state index in [4.69, 9.17) is 9.84 Å². The summed E-state index contributed by atoms with van der Waals surface area (Å²) in [6.45, 7) is 4.34. The fraction of sp³-hybridized carbons (Fsp3) is 0.464. The van der Waals surface area contributed by atoms with Gasteiger partial charge in [-0.15, -0.1) is 0 Å². The van der Waals surface area contributed by atoms with E-state index in [-0.39, 0.29) is 36.7 Å². The molecule has 2 aliphatic carbocycles. The summed E-state index contributed by atoms with van der Waals surface area (Å²) in [4.78, 5) is 36.9. The number of carboxylic acid groups (broad SMARTS) is 1. The quantitative estimate of drug-likeness (QED) is 0.439. The standard InChI is InChI=1S/C28H34N2O5/c1-3-17(2)26(27(33)29-15-19(14-25(31)32)18-12-13-18)30-28(34)35-16-24-22-10-6-4-8-20(22)21-9-5-7-11-23(21)24/h4-11,17-19,24,26H,3,12-16H2,1-2H3,(H,29,33)(H,30,34)(H,31,32)/t17?,19?,26-/m0/s1. The van der Waals surface area contributed by atoms with Gasteiger partial charge in [0, 0.05) is 12.5 Å². The minimum atomic E-state index is -0.855. The SMILES string of the molecule is CCC(C)[C@H](NC(=O)OCC1c2ccccc2-c2ccccc21)C(=O)NCC(CC(=O)O)C1CC1. The van der Waals surface area contributed by atoms with Gasteiger partial charge in [-0.05, 0) is 52.8 Å². The Kier molecular flexibility index (Phi) is 7.73. The third-order valence-electron chi connectivity index (χ3n) is 7.38. The van der Waals surface area contributed by atoms with Crippen molar-refractivity contribution in [1.82, 2.24) is 10.6 Å². The van der Waals surface area contributed by atoms with E-state index < -0.39 is 18.1 Å². The molecular formula is C28H34N2O5. The Morgan fingerprint density at radius 3 is 2.17 bits per heavy atom. The summed E-state index contributed by atoms with van der Waals surface area (Å²) in [7, 11) is 0. The minimum absolute atomic E-state index is 0.0404. The van der Waals surface area contributed by atoms with Crippen molar-refractivity contribution in [1.29, 1.82) is 0 Å². The molecule has 0 heterocycles. The number of amides is 2. The number of ether oxygens (including phenoxy) is 1. The van der Waals surface area contributed by atoms with Crippen molar-refractivity contribution in [2.45, 2.75) is 51.5 Å². The molecule has 1 fully saturated rings. The van der Waals surface area contributed by atoms with E-state index in [2.05, 4.69) is 34.9 Å². The molecule has 186 valence electrons. The molecule has 1 saturated carbocycles. The summed E-state index contributed by atoms with van der Waals surface area (Å²) < 4.78 is 5.63. The van der Waals surface area contributed by atoms with Crippen molar-refractivity contribution in [3.05, 3.63) is 59.7 Å². The third-order valence-corrected chi connectivity index (χ3v) is 7.38. The number of carbonyl (C=O) groups is 3. The number of carbonyl (C=O) groups excluding carboxylic acids is 2. The van der Waals surface area contributed by atoms with Gasteiger partial charge in [-0.1, -0.05) is 68.8 Å². The number of fused-ring (bicyclic) bond motifs is 3. The lowest BCUT2D eigenvalue weighted by molar-refractivity contribution is -0.138. The van der Waals surface area contributed by atoms with Gasteiger partial charge in [0.15, 0.2) is 0 Å². The molecule has 0 bridgehead atoms. The number of hydrogen-bond donors (Lipinski definition) is 3. The van der Waals surface area contributed by atoms with Crippen LogP contribution in [0.1, 0.15) is 56.6 Å². The summed E-state index contributed by atoms with van der Waals surface area (Å²) in [5.74, 6) is -1.05. The predicted molar refractivity (Wildman–Crippen MR) is 133 cm³/mol. The van der Waals surface area contributed by atoms with Crippen LogP contribution in [0.2, 0.25) is 0 Å². The molecule has 2 aliphatic rings. The Bertz CT molecular complexity index is 1040. The highest BCUT2D eigenvalue weighted by molar-refractivity contribution is 5.86. The second-order valence-corrected chi connectivity index (χ2v) is 9.77. The molecule has 4 rings (SSSR count). The van der Waals surface area contributed by atoms with Crippen LogP contribution in [0.15, 0.2) is 48.5 Å². The van der Waals surface area contributed by atoms with Crippen LogP contribution < -0.4 is 10.6 Å². The van der Waals surface area contributed by atoms with Crippen LogP contribution in [0.3, 0.4) is 0 Å². The summed E-state index contributed by atoms with van der Waals surface area (Å²) in [5, 5.41) is 14.8. The first kappa shape index (κ1) is 24.8. The molecule has 2 aromatic carbocycles. The highest BCUT2D eigenvalue weighted by atomic mass is 16.5. The van der Waals surface area contributed by atoms with Crippen LogP contribution in [0.4, 0.5) is 4.79 Å². The van der Waals surface area contributed by atoms with Crippen molar-refractivity contribution in [3.8, 4) is 11.1 Å². The molecule has 35 heavy (non-hydrogen) atoms. The molecule has 0 aliphatic heterocycles. The average Bonchev–Trinajstić information content (AvgIpc) is 3.66. The smallest absolute Gasteiger partial charge is 0.407 e. The zero-order valence-corrected chi connectivity index (χ0v) is 20.3. The van der Waals surface area contributed by atoms with Crippen LogP contribution in [-0.2, 0) is 14.3 Å². The van der Waals surface area contributed by atoms with Crippen molar-refractivity contribution in [2.24, 2.45) is 17.8 Å². The lowest BCUT2D eigenvalue weighted by atomic mass is 9.96. The molecule has 2 unspecified atom stereocenters. The number of rotatable bonds is 11. The molecule has 0 spiro atoms. The van der Waals surface area contributed by atoms with Crippen LogP contribution in [0, 0.1) is 17.8 Å². The van der Waals surface area contributed by atoms with E-state index in [0.717, 1.165) is 35.1 Å². The van der Waals surface area contributed by atoms with Gasteiger partial charge in [-0.25, -0.2) is 4.79 Å². The summed E-state index contributed by atoms with van der Waals surface area (Å²) in [5.41, 5.74) is 4.56. The zero-order chi connectivity index (χ0) is 24.9. The fourth-order valence-electron chi connectivity index (χ4n) is 5.01. The highest BCUT2D eigenvalue weighted by Gasteiger charge is 2.34. The number of alkyl carbamates (subject to hydrolysis) is 1. The maximum atomic E-state index is 13.0. The molecule has 7 nitrogen and oxygen atoms in total. The number of aliphatic carboxylic acids is 1. The van der Waals surface area contributed by atoms with Gasteiger partial charge in [0.25, 0.3) is 0 Å². The number of hydrogen-bond acceptors (Lipinski definition) is 4. The van der Waals surface area contributed by atoms with Crippen molar-refractivity contribution in [3.63, 3.8) is 0 Å². The van der Waals surface area contributed by atoms with Crippen LogP contribution in [0.5, 0.6) is 0 Å². The van der Waals surface area contributed by atoms with E-state index in [1.807, 2.05) is 38.1 Å². The molecule has 7 heteroatoms. The largest absolute Gasteiger partial charge is 0.481 e. The molecule has 0 saturated heterocycles. The van der Waals surface area contributed by atoms with Gasteiger partial charge in [0.1, 0.15) is 12.6 Å². The Hall–Kier alpha value is -3.35. The third kappa shape index (κ3) is 5.84. The second kappa shape index (κ2) is 10.9. The van der Waals surface area contributed by atoms with Crippen LogP contribution >= 0.6 is 0 Å². The van der Waals surface area contributed by atoms with E-state index in [1.54, 1.807) is 0 Å². The first-order chi connectivity index (χ1) is 16.9. The molecule has 2 amide bonds. The fourth-order valence-corrected chi connectivity index (χ4v) is 5.01.